The van der Waals surface area contributed by atoms with Crippen molar-refractivity contribution in [1.82, 2.24) is 19.9 Å². The molecule has 7 aromatic carbocycles. The highest BCUT2D eigenvalue weighted by Crippen LogP contribution is 2.39. The lowest BCUT2D eigenvalue weighted by molar-refractivity contribution is 0.668. The van der Waals surface area contributed by atoms with Crippen LogP contribution < -0.4 is 0 Å². The molecule has 0 spiro atoms. The summed E-state index contributed by atoms with van der Waals surface area (Å²) in [7, 11) is 0. The van der Waals surface area contributed by atoms with Crippen molar-refractivity contribution in [2.24, 2.45) is 0 Å². The first-order chi connectivity index (χ1) is 23.3. The number of aromatic nitrogens is 4. The van der Waals surface area contributed by atoms with E-state index in [2.05, 4.69) is 114 Å². The first kappa shape index (κ1) is 25.8. The van der Waals surface area contributed by atoms with Gasteiger partial charge in [0, 0.05) is 22.9 Å². The largest absolute Gasteiger partial charge is 0.454 e. The molecule has 0 aliphatic heterocycles. The van der Waals surface area contributed by atoms with Gasteiger partial charge in [-0.2, -0.15) is 0 Å². The second-order valence-electron chi connectivity index (χ2n) is 11.9. The van der Waals surface area contributed by atoms with Gasteiger partial charge in [-0.15, -0.1) is 0 Å². The highest BCUT2D eigenvalue weighted by molar-refractivity contribution is 6.20. The number of hydrogen-bond donors (Lipinski definition) is 0. The molecule has 3 aromatic heterocycles. The standard InChI is InChI=1S/C42H24N4O/c1-2-11-27-23-28(19-18-25(27)9-1)40-44-41(33-15-7-16-36-38(33)39-37(47-36)17-8-22-43-39)46-42(45-40)35-24-34-29-12-4-3-10-26(29)20-21-32(34)30-13-5-6-14-31(30)35/h1-24H. The maximum Gasteiger partial charge on any atom is 0.164 e. The van der Waals surface area contributed by atoms with Crippen molar-refractivity contribution in [3.63, 3.8) is 0 Å². The molecule has 0 fully saturated rings. The second kappa shape index (κ2) is 10.0. The normalized spacial score (nSPS) is 11.8. The Morgan fingerprint density at radius 1 is 0.404 bits per heavy atom. The van der Waals surface area contributed by atoms with Crippen LogP contribution in [0.4, 0.5) is 0 Å². The van der Waals surface area contributed by atoms with Crippen LogP contribution in [-0.2, 0) is 0 Å². The highest BCUT2D eigenvalue weighted by Gasteiger charge is 2.20. The van der Waals surface area contributed by atoms with Gasteiger partial charge in [0.25, 0.3) is 0 Å². The fourth-order valence-electron chi connectivity index (χ4n) is 6.95. The van der Waals surface area contributed by atoms with E-state index >= 15 is 0 Å². The minimum absolute atomic E-state index is 0.569. The molecule has 0 amide bonds. The number of pyridine rings is 1. The zero-order chi connectivity index (χ0) is 30.9. The monoisotopic (exact) mass is 600 g/mol. The van der Waals surface area contributed by atoms with Crippen molar-refractivity contribution >= 4 is 65.2 Å². The molecule has 0 saturated carbocycles. The van der Waals surface area contributed by atoms with Crippen LogP contribution in [0.3, 0.4) is 0 Å². The molecule has 5 heteroatoms. The Hall–Kier alpha value is -6.46. The van der Waals surface area contributed by atoms with E-state index in [1.807, 2.05) is 30.3 Å². The van der Waals surface area contributed by atoms with Gasteiger partial charge in [-0.3, -0.25) is 4.98 Å². The lowest BCUT2D eigenvalue weighted by Gasteiger charge is -2.14. The van der Waals surface area contributed by atoms with E-state index < -0.39 is 0 Å². The molecule has 0 aliphatic carbocycles. The summed E-state index contributed by atoms with van der Waals surface area (Å²) in [6.45, 7) is 0. The summed E-state index contributed by atoms with van der Waals surface area (Å²) in [5.74, 6) is 1.79. The Morgan fingerprint density at radius 3 is 1.98 bits per heavy atom. The number of benzene rings is 7. The third kappa shape index (κ3) is 4.03. The average molecular weight is 601 g/mol. The van der Waals surface area contributed by atoms with Gasteiger partial charge < -0.3 is 4.42 Å². The number of fused-ring (bicyclic) bond motifs is 9. The van der Waals surface area contributed by atoms with Crippen molar-refractivity contribution in [2.45, 2.75) is 0 Å². The quantitative estimate of drug-likeness (QED) is 0.189. The Morgan fingerprint density at radius 2 is 1.09 bits per heavy atom. The zero-order valence-electron chi connectivity index (χ0n) is 25.1. The third-order valence-corrected chi connectivity index (χ3v) is 9.15. The van der Waals surface area contributed by atoms with Gasteiger partial charge in [-0.25, -0.2) is 15.0 Å². The van der Waals surface area contributed by atoms with Gasteiger partial charge in [0.15, 0.2) is 23.1 Å². The van der Waals surface area contributed by atoms with Gasteiger partial charge in [-0.05, 0) is 73.4 Å². The number of hydrogen-bond acceptors (Lipinski definition) is 5. The molecule has 0 atom stereocenters. The number of furan rings is 1. The SMILES string of the molecule is c1ccc2cc(-c3nc(-c4cc5c6ccccc6ccc5c5ccccc45)nc(-c4cccc5oc6cccnc6c45)n3)ccc2c1. The number of nitrogens with zero attached hydrogens (tertiary/aromatic N) is 4. The fraction of sp³-hybridized carbons (Fsp3) is 0. The first-order valence-corrected chi connectivity index (χ1v) is 15.6. The highest BCUT2D eigenvalue weighted by atomic mass is 16.3. The van der Waals surface area contributed by atoms with E-state index in [1.54, 1.807) is 6.20 Å². The molecule has 0 unspecified atom stereocenters. The summed E-state index contributed by atoms with van der Waals surface area (Å²) in [5.41, 5.74) is 4.99. The minimum Gasteiger partial charge on any atom is -0.454 e. The molecule has 0 bridgehead atoms. The van der Waals surface area contributed by atoms with Crippen LogP contribution in [-0.4, -0.2) is 19.9 Å². The predicted octanol–water partition coefficient (Wildman–Crippen LogP) is 10.8. The predicted molar refractivity (Wildman–Crippen MR) is 191 cm³/mol. The molecule has 3 heterocycles. The molecular formula is C42H24N4O. The van der Waals surface area contributed by atoms with E-state index in [4.69, 9.17) is 19.4 Å². The average Bonchev–Trinajstić information content (AvgIpc) is 3.53. The van der Waals surface area contributed by atoms with Crippen molar-refractivity contribution in [3.05, 3.63) is 146 Å². The van der Waals surface area contributed by atoms with E-state index in [0.717, 1.165) is 60.3 Å². The fourth-order valence-corrected chi connectivity index (χ4v) is 6.95. The van der Waals surface area contributed by atoms with Crippen LogP contribution in [0.1, 0.15) is 0 Å². The Kier molecular flexibility index (Phi) is 5.51. The topological polar surface area (TPSA) is 64.7 Å². The lowest BCUT2D eigenvalue weighted by atomic mass is 9.93. The summed E-state index contributed by atoms with van der Waals surface area (Å²) >= 11 is 0. The molecule has 5 nitrogen and oxygen atoms in total. The van der Waals surface area contributed by atoms with Crippen LogP contribution in [0, 0.1) is 0 Å². The van der Waals surface area contributed by atoms with E-state index in [0.29, 0.717) is 17.5 Å². The van der Waals surface area contributed by atoms with Crippen molar-refractivity contribution in [3.8, 4) is 34.2 Å². The van der Waals surface area contributed by atoms with Gasteiger partial charge in [0.1, 0.15) is 11.1 Å². The Labute approximate surface area is 268 Å². The summed E-state index contributed by atoms with van der Waals surface area (Å²) in [4.78, 5) is 20.3. The van der Waals surface area contributed by atoms with Crippen LogP contribution in [0.2, 0.25) is 0 Å². The van der Waals surface area contributed by atoms with Gasteiger partial charge >= 0.3 is 0 Å². The smallest absolute Gasteiger partial charge is 0.164 e. The molecule has 10 aromatic rings. The Bertz CT molecular complexity index is 2870. The van der Waals surface area contributed by atoms with Crippen molar-refractivity contribution in [1.29, 1.82) is 0 Å². The van der Waals surface area contributed by atoms with E-state index in [9.17, 15) is 0 Å². The molecule has 0 radical (unpaired) electrons. The van der Waals surface area contributed by atoms with E-state index in [1.165, 1.54) is 21.5 Å². The maximum atomic E-state index is 6.21. The summed E-state index contributed by atoms with van der Waals surface area (Å²) < 4.78 is 6.21. The summed E-state index contributed by atoms with van der Waals surface area (Å²) in [5, 5.41) is 10.2. The van der Waals surface area contributed by atoms with Gasteiger partial charge in [0.05, 0.1) is 5.39 Å². The molecule has 10 rings (SSSR count). The molecule has 0 saturated heterocycles. The van der Waals surface area contributed by atoms with Crippen molar-refractivity contribution in [2.75, 3.05) is 0 Å². The van der Waals surface area contributed by atoms with Crippen LogP contribution >= 0.6 is 0 Å². The minimum atomic E-state index is 0.569. The lowest BCUT2D eigenvalue weighted by Crippen LogP contribution is -2.01. The van der Waals surface area contributed by atoms with Crippen LogP contribution in [0.25, 0.3) is 99.3 Å². The number of rotatable bonds is 3. The maximum absolute atomic E-state index is 6.21. The molecular weight excluding hydrogens is 576 g/mol. The zero-order valence-corrected chi connectivity index (χ0v) is 25.1. The molecule has 47 heavy (non-hydrogen) atoms. The summed E-state index contributed by atoms with van der Waals surface area (Å²) in [6, 6.07) is 48.3. The van der Waals surface area contributed by atoms with E-state index in [-0.39, 0.29) is 0 Å². The molecule has 0 N–H and O–H groups in total. The molecule has 218 valence electrons. The van der Waals surface area contributed by atoms with Crippen molar-refractivity contribution < 1.29 is 4.42 Å². The Balaban J connectivity index is 1.31. The first-order valence-electron chi connectivity index (χ1n) is 15.6. The third-order valence-electron chi connectivity index (χ3n) is 9.15. The molecule has 0 aliphatic rings. The van der Waals surface area contributed by atoms with Crippen LogP contribution in [0.15, 0.2) is 150 Å². The van der Waals surface area contributed by atoms with Gasteiger partial charge in [0.2, 0.25) is 0 Å². The summed E-state index contributed by atoms with van der Waals surface area (Å²) in [6.07, 6.45) is 1.79. The van der Waals surface area contributed by atoms with Crippen LogP contribution in [0.5, 0.6) is 0 Å². The van der Waals surface area contributed by atoms with Gasteiger partial charge in [-0.1, -0.05) is 109 Å². The second-order valence-corrected chi connectivity index (χ2v) is 11.9.